The van der Waals surface area contributed by atoms with Crippen LogP contribution in [0, 0.1) is 5.82 Å². The summed E-state index contributed by atoms with van der Waals surface area (Å²) in [5.74, 6) is -0.193. The van der Waals surface area contributed by atoms with Crippen molar-refractivity contribution in [2.75, 3.05) is 0 Å². The number of halogens is 2. The lowest BCUT2D eigenvalue weighted by Gasteiger charge is -2.07. The molecular formula is C9H11BrFN. The first-order valence-corrected chi connectivity index (χ1v) is 4.59. The standard InChI is InChI=1S/C9H11BrFN/c1-6(12)5-7-8(10)3-2-4-9(7)11/h2-4,6H,5,12H2,1H3/t6-/m1/s1. The first-order chi connectivity index (χ1) is 5.61. The smallest absolute Gasteiger partial charge is 0.127 e. The Labute approximate surface area is 79.9 Å². The van der Waals surface area contributed by atoms with Crippen LogP contribution >= 0.6 is 15.9 Å². The van der Waals surface area contributed by atoms with Crippen molar-refractivity contribution in [2.45, 2.75) is 19.4 Å². The van der Waals surface area contributed by atoms with Gasteiger partial charge in [0, 0.05) is 16.1 Å². The van der Waals surface area contributed by atoms with E-state index >= 15 is 0 Å². The van der Waals surface area contributed by atoms with E-state index in [0.717, 1.165) is 4.47 Å². The maximum Gasteiger partial charge on any atom is 0.127 e. The van der Waals surface area contributed by atoms with Crippen LogP contribution in [0.2, 0.25) is 0 Å². The van der Waals surface area contributed by atoms with Gasteiger partial charge in [0.05, 0.1) is 0 Å². The van der Waals surface area contributed by atoms with E-state index < -0.39 is 0 Å². The van der Waals surface area contributed by atoms with Gasteiger partial charge in [0.25, 0.3) is 0 Å². The van der Waals surface area contributed by atoms with Crippen LogP contribution < -0.4 is 5.73 Å². The van der Waals surface area contributed by atoms with E-state index in [4.69, 9.17) is 5.73 Å². The SMILES string of the molecule is C[C@@H](N)Cc1c(F)cccc1Br. The molecule has 0 spiro atoms. The molecule has 0 aromatic heterocycles. The average molecular weight is 232 g/mol. The van der Waals surface area contributed by atoms with Gasteiger partial charge in [-0.3, -0.25) is 0 Å². The van der Waals surface area contributed by atoms with Gasteiger partial charge >= 0.3 is 0 Å². The molecule has 0 aliphatic heterocycles. The number of benzene rings is 1. The summed E-state index contributed by atoms with van der Waals surface area (Å²) < 4.78 is 13.9. The van der Waals surface area contributed by atoms with E-state index in [1.807, 2.05) is 13.0 Å². The molecule has 0 unspecified atom stereocenters. The van der Waals surface area contributed by atoms with E-state index in [9.17, 15) is 4.39 Å². The molecular weight excluding hydrogens is 221 g/mol. The predicted octanol–water partition coefficient (Wildman–Crippen LogP) is 2.48. The maximum absolute atomic E-state index is 13.1. The topological polar surface area (TPSA) is 26.0 Å². The molecule has 0 radical (unpaired) electrons. The Kier molecular flexibility index (Phi) is 3.23. The molecule has 66 valence electrons. The number of rotatable bonds is 2. The van der Waals surface area contributed by atoms with E-state index in [2.05, 4.69) is 15.9 Å². The average Bonchev–Trinajstić information content (AvgIpc) is 1.97. The highest BCUT2D eigenvalue weighted by Crippen LogP contribution is 2.20. The molecule has 1 aromatic carbocycles. The summed E-state index contributed by atoms with van der Waals surface area (Å²) in [5.41, 5.74) is 6.23. The van der Waals surface area contributed by atoms with Crippen LogP contribution in [0.4, 0.5) is 4.39 Å². The minimum absolute atomic E-state index is 0.0156. The highest BCUT2D eigenvalue weighted by Gasteiger charge is 2.07. The van der Waals surface area contributed by atoms with Crippen LogP contribution in [0.5, 0.6) is 0 Å². The molecule has 3 heteroatoms. The van der Waals surface area contributed by atoms with Crippen LogP contribution in [0.25, 0.3) is 0 Å². The fraction of sp³-hybridized carbons (Fsp3) is 0.333. The third-order valence-corrected chi connectivity index (χ3v) is 2.33. The molecule has 0 aliphatic rings. The Morgan fingerprint density at radius 3 is 2.75 bits per heavy atom. The lowest BCUT2D eigenvalue weighted by Crippen LogP contribution is -2.18. The Bertz CT molecular complexity index is 253. The summed E-state index contributed by atoms with van der Waals surface area (Å²) >= 11 is 3.28. The largest absolute Gasteiger partial charge is 0.328 e. The first-order valence-electron chi connectivity index (χ1n) is 3.79. The van der Waals surface area contributed by atoms with Crippen molar-refractivity contribution in [1.29, 1.82) is 0 Å². The van der Waals surface area contributed by atoms with Gasteiger partial charge in [-0.15, -0.1) is 0 Å². The van der Waals surface area contributed by atoms with Gasteiger partial charge in [0.2, 0.25) is 0 Å². The van der Waals surface area contributed by atoms with Crippen LogP contribution in [0.15, 0.2) is 22.7 Å². The molecule has 12 heavy (non-hydrogen) atoms. The summed E-state index contributed by atoms with van der Waals surface area (Å²) in [6.45, 7) is 1.86. The third kappa shape index (κ3) is 2.29. The summed E-state index contributed by atoms with van der Waals surface area (Å²) in [6, 6.07) is 4.92. The molecule has 0 fully saturated rings. The fourth-order valence-corrected chi connectivity index (χ4v) is 1.55. The van der Waals surface area contributed by atoms with Gasteiger partial charge < -0.3 is 5.73 Å². The molecule has 0 aliphatic carbocycles. The summed E-state index contributed by atoms with van der Waals surface area (Å²) in [6.07, 6.45) is 0.563. The van der Waals surface area contributed by atoms with Crippen LogP contribution in [0.3, 0.4) is 0 Å². The molecule has 1 rings (SSSR count). The van der Waals surface area contributed by atoms with Crippen molar-refractivity contribution < 1.29 is 4.39 Å². The summed E-state index contributed by atoms with van der Waals surface area (Å²) in [5, 5.41) is 0. The molecule has 0 saturated heterocycles. The van der Waals surface area contributed by atoms with Gasteiger partial charge in [-0.05, 0) is 25.5 Å². The van der Waals surface area contributed by atoms with E-state index in [0.29, 0.717) is 12.0 Å². The fourth-order valence-electron chi connectivity index (χ4n) is 1.05. The molecule has 1 atom stereocenters. The number of hydrogen-bond acceptors (Lipinski definition) is 1. The third-order valence-electron chi connectivity index (χ3n) is 1.59. The van der Waals surface area contributed by atoms with Gasteiger partial charge in [-0.1, -0.05) is 22.0 Å². The van der Waals surface area contributed by atoms with Gasteiger partial charge in [0.15, 0.2) is 0 Å². The van der Waals surface area contributed by atoms with Crippen molar-refractivity contribution in [1.82, 2.24) is 0 Å². The summed E-state index contributed by atoms with van der Waals surface area (Å²) in [4.78, 5) is 0. The number of hydrogen-bond donors (Lipinski definition) is 1. The van der Waals surface area contributed by atoms with Crippen molar-refractivity contribution >= 4 is 15.9 Å². The molecule has 0 saturated carbocycles. The normalized spacial score (nSPS) is 13.0. The minimum Gasteiger partial charge on any atom is -0.328 e. The maximum atomic E-state index is 13.1. The molecule has 2 N–H and O–H groups in total. The van der Waals surface area contributed by atoms with Crippen molar-refractivity contribution in [2.24, 2.45) is 5.73 Å². The van der Waals surface area contributed by atoms with Crippen molar-refractivity contribution in [3.05, 3.63) is 34.1 Å². The first kappa shape index (κ1) is 9.68. The second kappa shape index (κ2) is 4.01. The summed E-state index contributed by atoms with van der Waals surface area (Å²) in [7, 11) is 0. The van der Waals surface area contributed by atoms with Crippen LogP contribution in [0.1, 0.15) is 12.5 Å². The lowest BCUT2D eigenvalue weighted by molar-refractivity contribution is 0.594. The zero-order valence-corrected chi connectivity index (χ0v) is 8.44. The lowest BCUT2D eigenvalue weighted by atomic mass is 10.1. The van der Waals surface area contributed by atoms with E-state index in [-0.39, 0.29) is 11.9 Å². The van der Waals surface area contributed by atoms with E-state index in [1.54, 1.807) is 6.07 Å². The Morgan fingerprint density at radius 2 is 2.25 bits per heavy atom. The van der Waals surface area contributed by atoms with Crippen LogP contribution in [-0.4, -0.2) is 6.04 Å². The zero-order valence-electron chi connectivity index (χ0n) is 6.85. The van der Waals surface area contributed by atoms with Crippen LogP contribution in [-0.2, 0) is 6.42 Å². The molecule has 1 nitrogen and oxygen atoms in total. The highest BCUT2D eigenvalue weighted by atomic mass is 79.9. The van der Waals surface area contributed by atoms with Gasteiger partial charge in [0.1, 0.15) is 5.82 Å². The zero-order chi connectivity index (χ0) is 9.14. The molecule has 0 heterocycles. The monoisotopic (exact) mass is 231 g/mol. The van der Waals surface area contributed by atoms with Crippen molar-refractivity contribution in [3.63, 3.8) is 0 Å². The minimum atomic E-state index is -0.193. The molecule has 0 amide bonds. The molecule has 0 bridgehead atoms. The molecule has 1 aromatic rings. The van der Waals surface area contributed by atoms with Crippen molar-refractivity contribution in [3.8, 4) is 0 Å². The van der Waals surface area contributed by atoms with Gasteiger partial charge in [-0.2, -0.15) is 0 Å². The quantitative estimate of drug-likeness (QED) is 0.832. The Hall–Kier alpha value is -0.410. The predicted molar refractivity (Wildman–Crippen MR) is 51.5 cm³/mol. The van der Waals surface area contributed by atoms with E-state index in [1.165, 1.54) is 6.07 Å². The van der Waals surface area contributed by atoms with Gasteiger partial charge in [-0.25, -0.2) is 4.39 Å². The Balaban J connectivity index is 2.96. The second-order valence-electron chi connectivity index (χ2n) is 2.88. The number of nitrogens with two attached hydrogens (primary N) is 1. The second-order valence-corrected chi connectivity index (χ2v) is 3.74. The highest BCUT2D eigenvalue weighted by molar-refractivity contribution is 9.10. The Morgan fingerprint density at radius 1 is 1.58 bits per heavy atom.